The maximum atomic E-state index is 12.8. The summed E-state index contributed by atoms with van der Waals surface area (Å²) in [6, 6.07) is 16.5. The van der Waals surface area contributed by atoms with Gasteiger partial charge < -0.3 is 9.47 Å². The monoisotopic (exact) mass is 413 g/mol. The number of para-hydroxylation sites is 1. The summed E-state index contributed by atoms with van der Waals surface area (Å²) in [5.74, 6) is -0.160. The lowest BCUT2D eigenvalue weighted by molar-refractivity contribution is -0.147. The van der Waals surface area contributed by atoms with Crippen LogP contribution in [0.5, 0.6) is 5.75 Å². The number of thioether (sulfide) groups is 1. The molecule has 0 aliphatic carbocycles. The van der Waals surface area contributed by atoms with Crippen molar-refractivity contribution in [3.05, 3.63) is 70.6 Å². The van der Waals surface area contributed by atoms with Crippen LogP contribution >= 0.6 is 24.0 Å². The first-order valence-corrected chi connectivity index (χ1v) is 9.84. The van der Waals surface area contributed by atoms with Crippen molar-refractivity contribution in [2.45, 2.75) is 19.6 Å². The van der Waals surface area contributed by atoms with Gasteiger partial charge in [-0.2, -0.15) is 0 Å². The molecule has 1 amide bonds. The van der Waals surface area contributed by atoms with E-state index in [-0.39, 0.29) is 5.91 Å². The highest BCUT2D eigenvalue weighted by Gasteiger charge is 2.38. The molecule has 3 rings (SSSR count). The minimum Gasteiger partial charge on any atom is -0.488 e. The molecule has 5 nitrogen and oxygen atoms in total. The molecule has 0 unspecified atom stereocenters. The molecule has 1 atom stereocenters. The number of hydrogen-bond acceptors (Lipinski definition) is 6. The molecule has 2 aromatic rings. The van der Waals surface area contributed by atoms with E-state index in [2.05, 4.69) is 0 Å². The van der Waals surface area contributed by atoms with Crippen molar-refractivity contribution in [1.29, 1.82) is 0 Å². The summed E-state index contributed by atoms with van der Waals surface area (Å²) in [6.45, 7) is 2.02. The average Bonchev–Trinajstić information content (AvgIpc) is 3.00. The van der Waals surface area contributed by atoms with E-state index >= 15 is 0 Å². The third-order valence-electron chi connectivity index (χ3n) is 4.20. The Morgan fingerprint density at radius 1 is 1.18 bits per heavy atom. The van der Waals surface area contributed by atoms with E-state index in [0.717, 1.165) is 22.9 Å². The van der Waals surface area contributed by atoms with Gasteiger partial charge >= 0.3 is 5.97 Å². The summed E-state index contributed by atoms with van der Waals surface area (Å²) in [5, 5.41) is 0. The van der Waals surface area contributed by atoms with Crippen molar-refractivity contribution in [2.75, 3.05) is 7.11 Å². The Balaban J connectivity index is 1.81. The molecule has 0 radical (unpaired) electrons. The van der Waals surface area contributed by atoms with Gasteiger partial charge in [0.25, 0.3) is 5.91 Å². The SMILES string of the molecule is COC(=O)[C@H](C)N1C(=O)/C(=C/c2ccccc2OCc2ccccc2)SC1=S. The number of rotatable bonds is 6. The van der Waals surface area contributed by atoms with Gasteiger partial charge in [-0.3, -0.25) is 9.69 Å². The zero-order valence-electron chi connectivity index (χ0n) is 15.5. The molecule has 1 aliphatic heterocycles. The quantitative estimate of drug-likeness (QED) is 0.405. The highest BCUT2D eigenvalue weighted by molar-refractivity contribution is 8.26. The van der Waals surface area contributed by atoms with Crippen molar-refractivity contribution < 1.29 is 19.1 Å². The van der Waals surface area contributed by atoms with Crippen LogP contribution in [0.1, 0.15) is 18.1 Å². The van der Waals surface area contributed by atoms with Crippen LogP contribution in [0.15, 0.2) is 59.5 Å². The topological polar surface area (TPSA) is 55.8 Å². The van der Waals surface area contributed by atoms with Crippen LogP contribution in [0.25, 0.3) is 6.08 Å². The summed E-state index contributed by atoms with van der Waals surface area (Å²) < 4.78 is 11.0. The molecule has 2 aromatic carbocycles. The van der Waals surface area contributed by atoms with Gasteiger partial charge in [-0.25, -0.2) is 4.79 Å². The van der Waals surface area contributed by atoms with Crippen LogP contribution in [-0.4, -0.2) is 34.2 Å². The van der Waals surface area contributed by atoms with Gasteiger partial charge in [0.2, 0.25) is 0 Å². The van der Waals surface area contributed by atoms with Crippen LogP contribution in [0.3, 0.4) is 0 Å². The number of methoxy groups -OCH3 is 1. The summed E-state index contributed by atoms with van der Waals surface area (Å²) in [7, 11) is 1.28. The van der Waals surface area contributed by atoms with Crippen molar-refractivity contribution in [3.8, 4) is 5.75 Å². The molecule has 1 fully saturated rings. The predicted molar refractivity (Wildman–Crippen MR) is 114 cm³/mol. The first-order valence-electron chi connectivity index (χ1n) is 8.62. The Labute approximate surface area is 173 Å². The molecular formula is C21H19NO4S2. The lowest BCUT2D eigenvalue weighted by Crippen LogP contribution is -2.42. The van der Waals surface area contributed by atoms with Crippen LogP contribution in [0.2, 0.25) is 0 Å². The van der Waals surface area contributed by atoms with Gasteiger partial charge in [0, 0.05) is 5.56 Å². The molecule has 0 N–H and O–H groups in total. The van der Waals surface area contributed by atoms with Gasteiger partial charge in [-0.05, 0) is 24.6 Å². The Hall–Kier alpha value is -2.64. The van der Waals surface area contributed by atoms with Gasteiger partial charge in [0.15, 0.2) is 0 Å². The van der Waals surface area contributed by atoms with E-state index in [1.165, 1.54) is 12.0 Å². The molecule has 1 saturated heterocycles. The molecule has 7 heteroatoms. The summed E-state index contributed by atoms with van der Waals surface area (Å²) >= 11 is 6.45. The van der Waals surface area contributed by atoms with Crippen LogP contribution in [0, 0.1) is 0 Å². The van der Waals surface area contributed by atoms with E-state index in [4.69, 9.17) is 21.7 Å². The minimum absolute atomic E-state index is 0.314. The number of esters is 1. The number of nitrogens with zero attached hydrogens (tertiary/aromatic N) is 1. The van der Waals surface area contributed by atoms with Crippen LogP contribution in [-0.2, 0) is 20.9 Å². The second-order valence-corrected chi connectivity index (χ2v) is 7.74. The van der Waals surface area contributed by atoms with Crippen LogP contribution < -0.4 is 4.74 Å². The van der Waals surface area contributed by atoms with E-state index in [0.29, 0.717) is 21.6 Å². The number of thiocarbonyl (C=S) groups is 1. The molecule has 28 heavy (non-hydrogen) atoms. The van der Waals surface area contributed by atoms with E-state index in [1.807, 2.05) is 54.6 Å². The third kappa shape index (κ3) is 4.43. The fraction of sp³-hybridized carbons (Fsp3) is 0.190. The molecule has 0 spiro atoms. The lowest BCUT2D eigenvalue weighted by atomic mass is 10.1. The minimum atomic E-state index is -0.770. The van der Waals surface area contributed by atoms with E-state index in [1.54, 1.807) is 13.0 Å². The number of amides is 1. The maximum absolute atomic E-state index is 12.8. The molecule has 144 valence electrons. The number of hydrogen-bond donors (Lipinski definition) is 0. The molecule has 0 saturated carbocycles. The van der Waals surface area contributed by atoms with Crippen molar-refractivity contribution >= 4 is 46.3 Å². The predicted octanol–water partition coefficient (Wildman–Crippen LogP) is 4.03. The standard InChI is InChI=1S/C21H19NO4S2/c1-14(20(24)25-2)22-19(23)18(28-21(22)27)12-16-10-6-7-11-17(16)26-13-15-8-4-3-5-9-15/h3-12,14H,13H2,1-2H3/b18-12-/t14-/m0/s1. The second kappa shape index (κ2) is 9.03. The average molecular weight is 414 g/mol. The Bertz CT molecular complexity index is 927. The summed E-state index contributed by atoms with van der Waals surface area (Å²) in [5.41, 5.74) is 1.82. The Morgan fingerprint density at radius 3 is 2.57 bits per heavy atom. The number of ether oxygens (including phenoxy) is 2. The van der Waals surface area contributed by atoms with Gasteiger partial charge in [0.05, 0.1) is 12.0 Å². The highest BCUT2D eigenvalue weighted by atomic mass is 32.2. The molecular weight excluding hydrogens is 394 g/mol. The molecule has 1 heterocycles. The third-order valence-corrected chi connectivity index (χ3v) is 5.53. The number of benzene rings is 2. The van der Waals surface area contributed by atoms with E-state index in [9.17, 15) is 9.59 Å². The van der Waals surface area contributed by atoms with Crippen molar-refractivity contribution in [3.63, 3.8) is 0 Å². The zero-order chi connectivity index (χ0) is 20.1. The largest absolute Gasteiger partial charge is 0.488 e. The van der Waals surface area contributed by atoms with Gasteiger partial charge in [0.1, 0.15) is 22.7 Å². The lowest BCUT2D eigenvalue weighted by Gasteiger charge is -2.20. The highest BCUT2D eigenvalue weighted by Crippen LogP contribution is 2.35. The normalized spacial score (nSPS) is 16.4. The van der Waals surface area contributed by atoms with Crippen molar-refractivity contribution in [2.24, 2.45) is 0 Å². The molecule has 1 aliphatic rings. The zero-order valence-corrected chi connectivity index (χ0v) is 17.1. The smallest absolute Gasteiger partial charge is 0.328 e. The fourth-order valence-corrected chi connectivity index (χ4v) is 4.11. The van der Waals surface area contributed by atoms with Gasteiger partial charge in [-0.15, -0.1) is 0 Å². The first kappa shape index (κ1) is 20.1. The number of carbonyl (C=O) groups excluding carboxylic acids is 2. The van der Waals surface area contributed by atoms with Crippen molar-refractivity contribution in [1.82, 2.24) is 4.90 Å². The van der Waals surface area contributed by atoms with Gasteiger partial charge in [-0.1, -0.05) is 72.5 Å². The Kier molecular flexibility index (Phi) is 6.49. The summed E-state index contributed by atoms with van der Waals surface area (Å²) in [4.78, 5) is 26.3. The van der Waals surface area contributed by atoms with Crippen LogP contribution in [0.4, 0.5) is 0 Å². The molecule has 0 aromatic heterocycles. The van der Waals surface area contributed by atoms with E-state index < -0.39 is 12.0 Å². The fourth-order valence-electron chi connectivity index (χ4n) is 2.70. The summed E-state index contributed by atoms with van der Waals surface area (Å²) in [6.07, 6.45) is 1.74. The molecule has 0 bridgehead atoms. The number of carbonyl (C=O) groups is 2. The first-order chi connectivity index (χ1) is 13.5. The second-order valence-electron chi connectivity index (χ2n) is 6.06. The maximum Gasteiger partial charge on any atom is 0.328 e. The Morgan fingerprint density at radius 2 is 1.86 bits per heavy atom.